The van der Waals surface area contributed by atoms with E-state index in [1.165, 1.54) is 11.8 Å². The van der Waals surface area contributed by atoms with E-state index in [0.717, 1.165) is 67.9 Å². The van der Waals surface area contributed by atoms with Crippen LogP contribution in [0.4, 0.5) is 5.69 Å². The molecule has 0 spiro atoms. The van der Waals surface area contributed by atoms with Crippen molar-refractivity contribution in [2.24, 2.45) is 0 Å². The Morgan fingerprint density at radius 2 is 1.93 bits per heavy atom. The molecule has 1 aliphatic heterocycles. The molecule has 0 atom stereocenters. The van der Waals surface area contributed by atoms with Crippen molar-refractivity contribution in [2.45, 2.75) is 31.2 Å². The predicted molar refractivity (Wildman–Crippen MR) is 117 cm³/mol. The van der Waals surface area contributed by atoms with Gasteiger partial charge in [-0.2, -0.15) is 4.98 Å². The summed E-state index contributed by atoms with van der Waals surface area (Å²) in [7, 11) is 2.10. The molecule has 0 unspecified atom stereocenters. The number of hydrogen-bond acceptors (Lipinski definition) is 6. The van der Waals surface area contributed by atoms with Gasteiger partial charge >= 0.3 is 5.69 Å². The number of nitrogens with zero attached hydrogens (tertiary/aromatic N) is 4. The number of carbonyl (C=O) groups excluding carboxylic acids is 1. The standard InChI is InChI=1S/C21H27N5O2S/c1-15-6-3-4-8-17(15)22-19(27)14-29-20-16-7-5-9-18(16)26(21(28)23-20)25-12-10-24(2)11-13-25/h3-4,6,8H,5,7,9-14H2,1-2H3,(H,22,27). The Hall–Kier alpha value is -2.32. The highest BCUT2D eigenvalue weighted by Gasteiger charge is 2.26. The van der Waals surface area contributed by atoms with Gasteiger partial charge in [-0.05, 0) is 44.9 Å². The van der Waals surface area contributed by atoms with E-state index in [-0.39, 0.29) is 17.3 Å². The SMILES string of the molecule is Cc1ccccc1NC(=O)CSc1nc(=O)n(N2CCN(C)CC2)c2c1CCC2. The first-order valence-electron chi connectivity index (χ1n) is 10.1. The summed E-state index contributed by atoms with van der Waals surface area (Å²) in [6, 6.07) is 7.71. The highest BCUT2D eigenvalue weighted by atomic mass is 32.2. The second-order valence-corrected chi connectivity index (χ2v) is 8.66. The highest BCUT2D eigenvalue weighted by Crippen LogP contribution is 2.29. The summed E-state index contributed by atoms with van der Waals surface area (Å²) in [6.45, 7) is 5.51. The first-order valence-corrected chi connectivity index (χ1v) is 11.1. The molecule has 1 saturated heterocycles. The minimum atomic E-state index is -0.225. The summed E-state index contributed by atoms with van der Waals surface area (Å²) in [6.07, 6.45) is 2.83. The zero-order valence-electron chi connectivity index (χ0n) is 17.0. The third-order valence-electron chi connectivity index (χ3n) is 5.60. The van der Waals surface area contributed by atoms with Crippen LogP contribution >= 0.6 is 11.8 Å². The lowest BCUT2D eigenvalue weighted by Crippen LogP contribution is -2.54. The third-order valence-corrected chi connectivity index (χ3v) is 6.62. The smallest absolute Gasteiger partial charge is 0.325 e. The fourth-order valence-corrected chi connectivity index (χ4v) is 4.83. The molecule has 1 N–H and O–H groups in total. The van der Waals surface area contributed by atoms with E-state index in [1.807, 2.05) is 31.2 Å². The van der Waals surface area contributed by atoms with Gasteiger partial charge in [0.05, 0.1) is 11.4 Å². The number of nitrogens with one attached hydrogen (secondary N) is 1. The number of likely N-dealkylation sites (N-methyl/N-ethyl adjacent to an activating group) is 1. The molecule has 2 aromatic rings. The Labute approximate surface area is 175 Å². The molecule has 4 rings (SSSR count). The molecule has 2 heterocycles. The summed E-state index contributed by atoms with van der Waals surface area (Å²) < 4.78 is 1.80. The van der Waals surface area contributed by atoms with E-state index >= 15 is 0 Å². The van der Waals surface area contributed by atoms with Crippen LogP contribution in [0.3, 0.4) is 0 Å². The average Bonchev–Trinajstić information content (AvgIpc) is 3.19. The molecule has 0 saturated carbocycles. The molecule has 8 heteroatoms. The van der Waals surface area contributed by atoms with Gasteiger partial charge in [0.15, 0.2) is 0 Å². The largest absolute Gasteiger partial charge is 0.367 e. The second kappa shape index (κ2) is 8.59. The number of benzene rings is 1. The molecule has 1 aliphatic carbocycles. The van der Waals surface area contributed by atoms with Crippen molar-refractivity contribution in [2.75, 3.05) is 49.3 Å². The first-order chi connectivity index (χ1) is 14.0. The zero-order chi connectivity index (χ0) is 20.4. The number of fused-ring (bicyclic) bond motifs is 1. The van der Waals surface area contributed by atoms with Gasteiger partial charge in [0.1, 0.15) is 5.03 Å². The fourth-order valence-electron chi connectivity index (χ4n) is 3.95. The summed E-state index contributed by atoms with van der Waals surface area (Å²) in [4.78, 5) is 31.9. The van der Waals surface area contributed by atoms with Crippen molar-refractivity contribution in [1.29, 1.82) is 0 Å². The van der Waals surface area contributed by atoms with E-state index in [2.05, 4.69) is 27.3 Å². The number of piperazine rings is 1. The molecule has 29 heavy (non-hydrogen) atoms. The lowest BCUT2D eigenvalue weighted by Gasteiger charge is -2.35. The average molecular weight is 414 g/mol. The van der Waals surface area contributed by atoms with Gasteiger partial charge in [0, 0.05) is 37.4 Å². The van der Waals surface area contributed by atoms with Gasteiger partial charge in [0.2, 0.25) is 5.91 Å². The summed E-state index contributed by atoms with van der Waals surface area (Å²) in [5, 5.41) is 5.79. The minimum absolute atomic E-state index is 0.0823. The third kappa shape index (κ3) is 4.33. The van der Waals surface area contributed by atoms with Gasteiger partial charge in [-0.3, -0.25) is 4.79 Å². The Morgan fingerprint density at radius 3 is 2.69 bits per heavy atom. The first kappa shape index (κ1) is 20.0. The van der Waals surface area contributed by atoms with Crippen LogP contribution in [-0.4, -0.2) is 59.4 Å². The van der Waals surface area contributed by atoms with Crippen LogP contribution in [0.15, 0.2) is 34.1 Å². The number of hydrogen-bond donors (Lipinski definition) is 1. The highest BCUT2D eigenvalue weighted by molar-refractivity contribution is 8.00. The molecular formula is C21H27N5O2S. The summed E-state index contributed by atoms with van der Waals surface area (Å²) in [5.74, 6) is 0.159. The van der Waals surface area contributed by atoms with Crippen molar-refractivity contribution >= 4 is 23.4 Å². The molecule has 0 radical (unpaired) electrons. The van der Waals surface area contributed by atoms with Gasteiger partial charge in [-0.15, -0.1) is 0 Å². The molecule has 7 nitrogen and oxygen atoms in total. The molecule has 1 aromatic heterocycles. The van der Waals surface area contributed by atoms with Gasteiger partial charge in [-0.25, -0.2) is 9.47 Å². The quantitative estimate of drug-likeness (QED) is 0.594. The van der Waals surface area contributed by atoms with Crippen LogP contribution < -0.4 is 16.0 Å². The Balaban J connectivity index is 1.50. The summed E-state index contributed by atoms with van der Waals surface area (Å²) in [5.41, 5.74) is 3.84. The molecule has 2 aliphatic rings. The van der Waals surface area contributed by atoms with Crippen LogP contribution in [0.2, 0.25) is 0 Å². The van der Waals surface area contributed by atoms with Crippen molar-refractivity contribution in [3.8, 4) is 0 Å². The molecule has 154 valence electrons. The Morgan fingerprint density at radius 1 is 1.17 bits per heavy atom. The van der Waals surface area contributed by atoms with Crippen molar-refractivity contribution in [3.05, 3.63) is 51.6 Å². The van der Waals surface area contributed by atoms with Crippen LogP contribution in [-0.2, 0) is 17.6 Å². The number of amides is 1. The number of aromatic nitrogens is 2. The van der Waals surface area contributed by atoms with Gasteiger partial charge < -0.3 is 15.2 Å². The molecule has 1 fully saturated rings. The van der Waals surface area contributed by atoms with Crippen molar-refractivity contribution in [1.82, 2.24) is 14.6 Å². The second-order valence-electron chi connectivity index (χ2n) is 7.70. The number of carbonyl (C=O) groups is 1. The van der Waals surface area contributed by atoms with Crippen molar-refractivity contribution in [3.63, 3.8) is 0 Å². The van der Waals surface area contributed by atoms with E-state index < -0.39 is 0 Å². The summed E-state index contributed by atoms with van der Waals surface area (Å²) >= 11 is 1.37. The lowest BCUT2D eigenvalue weighted by atomic mass is 10.2. The van der Waals surface area contributed by atoms with Gasteiger partial charge in [0.25, 0.3) is 0 Å². The number of anilines is 1. The molecule has 1 aromatic carbocycles. The van der Waals surface area contributed by atoms with E-state index in [9.17, 15) is 9.59 Å². The van der Waals surface area contributed by atoms with E-state index in [4.69, 9.17) is 0 Å². The Kier molecular flexibility index (Phi) is 5.91. The number of para-hydroxylation sites is 1. The van der Waals surface area contributed by atoms with E-state index in [0.29, 0.717) is 5.03 Å². The fraction of sp³-hybridized carbons (Fsp3) is 0.476. The zero-order valence-corrected chi connectivity index (χ0v) is 17.8. The maximum Gasteiger partial charge on any atom is 0.367 e. The molecule has 1 amide bonds. The van der Waals surface area contributed by atoms with Crippen LogP contribution in [0.25, 0.3) is 0 Å². The number of rotatable bonds is 5. The number of thioether (sulfide) groups is 1. The van der Waals surface area contributed by atoms with Crippen LogP contribution in [0.1, 0.15) is 23.2 Å². The van der Waals surface area contributed by atoms with E-state index in [1.54, 1.807) is 4.68 Å². The monoisotopic (exact) mass is 413 g/mol. The lowest BCUT2D eigenvalue weighted by molar-refractivity contribution is -0.113. The number of aryl methyl sites for hydroxylation is 1. The van der Waals surface area contributed by atoms with Crippen molar-refractivity contribution < 1.29 is 4.79 Å². The maximum absolute atomic E-state index is 12.8. The Bertz CT molecular complexity index is 966. The predicted octanol–water partition coefficient (Wildman–Crippen LogP) is 1.65. The molecule has 0 bridgehead atoms. The molecular weight excluding hydrogens is 386 g/mol. The van der Waals surface area contributed by atoms with Crippen LogP contribution in [0, 0.1) is 6.92 Å². The normalized spacial score (nSPS) is 16.7. The van der Waals surface area contributed by atoms with Gasteiger partial charge in [-0.1, -0.05) is 30.0 Å². The van der Waals surface area contributed by atoms with Crippen LogP contribution in [0.5, 0.6) is 0 Å². The topological polar surface area (TPSA) is 70.5 Å². The minimum Gasteiger partial charge on any atom is -0.325 e. The maximum atomic E-state index is 12.8.